The van der Waals surface area contributed by atoms with Crippen LogP contribution in [0.5, 0.6) is 5.75 Å². The maximum absolute atomic E-state index is 6.32. The van der Waals surface area contributed by atoms with Crippen molar-refractivity contribution < 1.29 is 4.74 Å². The number of para-hydroxylation sites is 1. The first-order valence-corrected chi connectivity index (χ1v) is 10.8. The third-order valence-electron chi connectivity index (χ3n) is 4.27. The monoisotopic (exact) mass is 353 g/mol. The van der Waals surface area contributed by atoms with Crippen LogP contribution in [-0.2, 0) is 0 Å². The molecule has 2 rings (SSSR count). The number of benzene rings is 2. The van der Waals surface area contributed by atoms with Gasteiger partial charge in [-0.15, -0.1) is 0 Å². The molecule has 0 bridgehead atoms. The molecule has 134 valence electrons. The summed E-state index contributed by atoms with van der Waals surface area (Å²) in [6, 6.07) is 17.4. The molecule has 1 unspecified atom stereocenters. The summed E-state index contributed by atoms with van der Waals surface area (Å²) in [7, 11) is -1.58. The molecule has 2 aromatic rings. The van der Waals surface area contributed by atoms with Crippen molar-refractivity contribution in [1.82, 2.24) is 4.57 Å². The van der Waals surface area contributed by atoms with Gasteiger partial charge in [-0.2, -0.15) is 0 Å². The first-order chi connectivity index (χ1) is 11.9. The van der Waals surface area contributed by atoms with Gasteiger partial charge < -0.3 is 9.30 Å². The van der Waals surface area contributed by atoms with Gasteiger partial charge in [-0.3, -0.25) is 0 Å². The first kappa shape index (κ1) is 19.5. The SMILES string of the molecule is C=Cc1cccc([SiH](c2ccccc2OC(C)(C)C)N(CC)CC)c1. The van der Waals surface area contributed by atoms with E-state index in [-0.39, 0.29) is 5.60 Å². The van der Waals surface area contributed by atoms with Gasteiger partial charge in [0.25, 0.3) is 0 Å². The van der Waals surface area contributed by atoms with E-state index in [9.17, 15) is 0 Å². The van der Waals surface area contributed by atoms with Crippen LogP contribution in [0.25, 0.3) is 6.08 Å². The highest BCUT2D eigenvalue weighted by atomic mass is 28.3. The molecular weight excluding hydrogens is 322 g/mol. The molecule has 2 aromatic carbocycles. The van der Waals surface area contributed by atoms with Gasteiger partial charge in [0, 0.05) is 0 Å². The zero-order chi connectivity index (χ0) is 18.4. The Morgan fingerprint density at radius 2 is 1.72 bits per heavy atom. The van der Waals surface area contributed by atoms with E-state index in [0.29, 0.717) is 0 Å². The van der Waals surface area contributed by atoms with Gasteiger partial charge in [0.05, 0.1) is 0 Å². The van der Waals surface area contributed by atoms with Gasteiger partial charge in [0.2, 0.25) is 0 Å². The van der Waals surface area contributed by atoms with Crippen LogP contribution in [0, 0.1) is 0 Å². The molecule has 0 saturated heterocycles. The molecule has 0 aromatic heterocycles. The molecule has 0 N–H and O–H groups in total. The summed E-state index contributed by atoms with van der Waals surface area (Å²) in [6.07, 6.45) is 1.93. The lowest BCUT2D eigenvalue weighted by Crippen LogP contribution is -2.57. The normalized spacial score (nSPS) is 12.9. The van der Waals surface area contributed by atoms with E-state index in [4.69, 9.17) is 4.74 Å². The van der Waals surface area contributed by atoms with Crippen LogP contribution in [0.15, 0.2) is 55.1 Å². The van der Waals surface area contributed by atoms with Crippen LogP contribution in [0.1, 0.15) is 40.2 Å². The molecule has 0 fully saturated rings. The average Bonchev–Trinajstić information content (AvgIpc) is 2.59. The van der Waals surface area contributed by atoms with Gasteiger partial charge in [-0.05, 0) is 55.9 Å². The average molecular weight is 354 g/mol. The Kier molecular flexibility index (Phi) is 6.62. The summed E-state index contributed by atoms with van der Waals surface area (Å²) in [5.74, 6) is 1.02. The van der Waals surface area contributed by atoms with Crippen molar-refractivity contribution >= 4 is 25.4 Å². The molecule has 0 amide bonds. The molecule has 25 heavy (non-hydrogen) atoms. The summed E-state index contributed by atoms with van der Waals surface area (Å²) in [5, 5.41) is 2.76. The van der Waals surface area contributed by atoms with E-state index < -0.39 is 8.96 Å². The number of ether oxygens (including phenoxy) is 1. The molecule has 3 heteroatoms. The lowest BCUT2D eigenvalue weighted by atomic mass is 10.2. The lowest BCUT2D eigenvalue weighted by Gasteiger charge is -2.32. The van der Waals surface area contributed by atoms with E-state index in [1.807, 2.05) is 6.08 Å². The zero-order valence-electron chi connectivity index (χ0n) is 16.3. The molecule has 1 atom stereocenters. The molecular formula is C22H31NOSi. The third-order valence-corrected chi connectivity index (χ3v) is 7.79. The predicted molar refractivity (Wildman–Crippen MR) is 113 cm³/mol. The van der Waals surface area contributed by atoms with Crippen molar-refractivity contribution in [2.24, 2.45) is 0 Å². The van der Waals surface area contributed by atoms with E-state index >= 15 is 0 Å². The van der Waals surface area contributed by atoms with Gasteiger partial charge in [-0.1, -0.05) is 69.0 Å². The summed E-state index contributed by atoms with van der Waals surface area (Å²) in [4.78, 5) is 0. The summed E-state index contributed by atoms with van der Waals surface area (Å²) in [5.41, 5.74) is 0.970. The molecule has 0 aliphatic heterocycles. The summed E-state index contributed by atoms with van der Waals surface area (Å²) >= 11 is 0. The zero-order valence-corrected chi connectivity index (χ0v) is 17.4. The van der Waals surface area contributed by atoms with Crippen molar-refractivity contribution in [3.63, 3.8) is 0 Å². The van der Waals surface area contributed by atoms with Crippen LogP contribution in [0.3, 0.4) is 0 Å². The van der Waals surface area contributed by atoms with E-state index in [1.165, 1.54) is 15.9 Å². The second-order valence-corrected chi connectivity index (χ2v) is 10.1. The number of nitrogens with zero attached hydrogens (tertiary/aromatic N) is 1. The minimum Gasteiger partial charge on any atom is -0.488 e. The van der Waals surface area contributed by atoms with E-state index in [1.54, 1.807) is 0 Å². The predicted octanol–water partition coefficient (Wildman–Crippen LogP) is 3.69. The topological polar surface area (TPSA) is 12.5 Å². The van der Waals surface area contributed by atoms with E-state index in [0.717, 1.165) is 18.8 Å². The van der Waals surface area contributed by atoms with Crippen molar-refractivity contribution in [3.05, 3.63) is 60.7 Å². The maximum atomic E-state index is 6.32. The number of rotatable bonds is 7. The van der Waals surface area contributed by atoms with Crippen LogP contribution >= 0.6 is 0 Å². The Morgan fingerprint density at radius 1 is 1.04 bits per heavy atom. The van der Waals surface area contributed by atoms with Gasteiger partial charge >= 0.3 is 0 Å². The quantitative estimate of drug-likeness (QED) is 0.704. The fourth-order valence-electron chi connectivity index (χ4n) is 3.16. The molecule has 2 nitrogen and oxygen atoms in total. The molecule has 0 radical (unpaired) electrons. The lowest BCUT2D eigenvalue weighted by molar-refractivity contribution is 0.132. The second kappa shape index (κ2) is 8.50. The second-order valence-electron chi connectivity index (χ2n) is 7.25. The minimum absolute atomic E-state index is 0.207. The highest BCUT2D eigenvalue weighted by molar-refractivity contribution is 6.83. The highest BCUT2D eigenvalue weighted by Crippen LogP contribution is 2.17. The molecule has 0 spiro atoms. The fraction of sp³-hybridized carbons (Fsp3) is 0.364. The van der Waals surface area contributed by atoms with Crippen LogP contribution in [0.4, 0.5) is 0 Å². The molecule has 0 saturated carbocycles. The highest BCUT2D eigenvalue weighted by Gasteiger charge is 2.27. The largest absolute Gasteiger partial charge is 0.488 e. The Morgan fingerprint density at radius 3 is 2.32 bits per heavy atom. The van der Waals surface area contributed by atoms with Crippen molar-refractivity contribution in [3.8, 4) is 5.75 Å². The summed E-state index contributed by atoms with van der Waals surface area (Å²) in [6.45, 7) is 16.8. The van der Waals surface area contributed by atoms with Crippen molar-refractivity contribution in [1.29, 1.82) is 0 Å². The molecule has 0 aliphatic carbocycles. The smallest absolute Gasteiger partial charge is 0.180 e. The first-order valence-electron chi connectivity index (χ1n) is 9.14. The van der Waals surface area contributed by atoms with Crippen LogP contribution in [0.2, 0.25) is 0 Å². The third kappa shape index (κ3) is 5.07. The summed E-state index contributed by atoms with van der Waals surface area (Å²) < 4.78 is 8.92. The number of hydrogen-bond acceptors (Lipinski definition) is 2. The van der Waals surface area contributed by atoms with Gasteiger partial charge in [-0.25, -0.2) is 0 Å². The van der Waals surface area contributed by atoms with Gasteiger partial charge in [0.15, 0.2) is 8.96 Å². The van der Waals surface area contributed by atoms with Crippen LogP contribution < -0.4 is 15.1 Å². The van der Waals surface area contributed by atoms with Gasteiger partial charge in [0.1, 0.15) is 11.4 Å². The number of hydrogen-bond donors (Lipinski definition) is 0. The standard InChI is InChI=1S/C22H31NOSi/c1-7-18-13-12-14-19(17-18)25(23(8-2)9-3)21-16-11-10-15-20(21)24-22(4,5)6/h7,10-17,25H,1,8-9H2,2-6H3. The Labute approximate surface area is 154 Å². The van der Waals surface area contributed by atoms with Crippen LogP contribution in [-0.4, -0.2) is 32.2 Å². The van der Waals surface area contributed by atoms with E-state index in [2.05, 4.69) is 94.3 Å². The van der Waals surface area contributed by atoms with Crippen molar-refractivity contribution in [2.45, 2.75) is 40.2 Å². The maximum Gasteiger partial charge on any atom is 0.180 e. The Hall–Kier alpha value is -1.84. The molecule has 0 aliphatic rings. The minimum atomic E-state index is -1.58. The Bertz CT molecular complexity index is 701. The fourth-order valence-corrected chi connectivity index (χ4v) is 6.43. The van der Waals surface area contributed by atoms with Crippen molar-refractivity contribution in [2.75, 3.05) is 13.1 Å². The Balaban J connectivity index is 2.58. The molecule has 0 heterocycles.